The molecule has 160 valence electrons. The molecule has 2 aromatic carbocycles. The molecule has 0 bridgehead atoms. The van der Waals surface area contributed by atoms with E-state index in [0.29, 0.717) is 26.0 Å². The summed E-state index contributed by atoms with van der Waals surface area (Å²) in [7, 11) is 0. The van der Waals surface area contributed by atoms with Gasteiger partial charge in [-0.3, -0.25) is 15.5 Å². The first-order valence-electron chi connectivity index (χ1n) is 8.59. The molecule has 4 N–H and O–H groups in total. The largest absolute Gasteiger partial charge is 0.871 e. The maximum absolute atomic E-state index is 12.8. The molecule has 1 amide bonds. The number of hydrogen-bond acceptors (Lipinski definition) is 7. The predicted octanol–water partition coefficient (Wildman–Crippen LogP) is 4.45. The monoisotopic (exact) mass is 478 g/mol. The van der Waals surface area contributed by atoms with Crippen LogP contribution in [0.15, 0.2) is 46.9 Å². The topological polar surface area (TPSA) is 134 Å². The van der Waals surface area contributed by atoms with E-state index in [9.17, 15) is 14.7 Å². The Bertz CT molecular complexity index is 1210. The molecule has 0 atom stereocenters. The van der Waals surface area contributed by atoms with Crippen molar-refractivity contribution in [1.29, 1.82) is 0 Å². The Balaban J connectivity index is 1.81. The highest BCUT2D eigenvalue weighted by Crippen LogP contribution is 2.39. The Hall–Kier alpha value is -3.11. The lowest BCUT2D eigenvalue weighted by atomic mass is 10.1. The van der Waals surface area contributed by atoms with Gasteiger partial charge in [0.25, 0.3) is 5.91 Å². The molecule has 3 rings (SSSR count). The van der Waals surface area contributed by atoms with E-state index in [-0.39, 0.29) is 28.3 Å². The van der Waals surface area contributed by atoms with Crippen LogP contribution >= 0.6 is 34.5 Å². The molecule has 0 aliphatic rings. The molecule has 0 spiro atoms. The van der Waals surface area contributed by atoms with Gasteiger partial charge in [-0.15, -0.1) is 11.3 Å². The first-order valence-corrected chi connectivity index (χ1v) is 10.2. The minimum atomic E-state index is -1.27. The number of benzene rings is 2. The summed E-state index contributed by atoms with van der Waals surface area (Å²) in [4.78, 5) is 23.9. The van der Waals surface area contributed by atoms with E-state index in [1.54, 1.807) is 36.0 Å². The normalized spacial score (nSPS) is 11.3. The Labute approximate surface area is 190 Å². The molecule has 0 aliphatic heterocycles. The maximum Gasteiger partial charge on any atom is 0.337 e. The number of thiophene rings is 1. The summed E-state index contributed by atoms with van der Waals surface area (Å²) in [6, 6.07) is 8.50. The molecular formula is C20H14Cl2N3O5S-. The first-order chi connectivity index (χ1) is 14.7. The number of carboxylic acid groups (broad SMARTS) is 1. The van der Waals surface area contributed by atoms with Gasteiger partial charge in [0, 0.05) is 16.0 Å². The van der Waals surface area contributed by atoms with Crippen LogP contribution in [-0.4, -0.2) is 27.9 Å². The van der Waals surface area contributed by atoms with E-state index in [4.69, 9.17) is 33.5 Å². The molecule has 8 nitrogen and oxygen atoms in total. The average Bonchev–Trinajstić information content (AvgIpc) is 3.14. The fraction of sp³-hybridized carbons (Fsp3) is 0.0500. The Kier molecular flexibility index (Phi) is 6.81. The molecule has 0 fully saturated rings. The van der Waals surface area contributed by atoms with Gasteiger partial charge in [0.1, 0.15) is 0 Å². The minimum Gasteiger partial charge on any atom is -0.871 e. The summed E-state index contributed by atoms with van der Waals surface area (Å²) in [6.07, 6.45) is 0. The molecule has 0 aliphatic carbocycles. The van der Waals surface area contributed by atoms with Gasteiger partial charge in [0.2, 0.25) is 0 Å². The zero-order chi connectivity index (χ0) is 22.7. The van der Waals surface area contributed by atoms with Crippen molar-refractivity contribution in [2.24, 2.45) is 5.10 Å². The van der Waals surface area contributed by atoms with Crippen molar-refractivity contribution in [2.75, 3.05) is 5.48 Å². The number of hydrogen-bond donors (Lipinski definition) is 4. The molecule has 11 heteroatoms. The van der Waals surface area contributed by atoms with E-state index in [0.717, 1.165) is 6.07 Å². The van der Waals surface area contributed by atoms with E-state index < -0.39 is 11.9 Å². The second kappa shape index (κ2) is 9.36. The van der Waals surface area contributed by atoms with E-state index >= 15 is 0 Å². The number of rotatable bonds is 6. The van der Waals surface area contributed by atoms with Crippen molar-refractivity contribution in [3.8, 4) is 16.2 Å². The molecule has 31 heavy (non-hydrogen) atoms. The minimum absolute atomic E-state index is 0.0576. The average molecular weight is 479 g/mol. The molecule has 0 saturated carbocycles. The second-order valence-electron chi connectivity index (χ2n) is 6.25. The lowest BCUT2D eigenvalue weighted by molar-refractivity contribution is -0.267. The number of halogens is 2. The predicted molar refractivity (Wildman–Crippen MR) is 118 cm³/mol. The first kappa shape index (κ1) is 22.6. The zero-order valence-corrected chi connectivity index (χ0v) is 18.1. The third kappa shape index (κ3) is 4.80. The van der Waals surface area contributed by atoms with Crippen LogP contribution in [0.1, 0.15) is 33.2 Å². The third-order valence-corrected chi connectivity index (χ3v) is 6.02. The van der Waals surface area contributed by atoms with Gasteiger partial charge in [0.05, 0.1) is 27.0 Å². The number of aromatic carboxylic acids is 1. The Morgan fingerprint density at radius 2 is 1.84 bits per heavy atom. The number of carbonyl (C=O) groups is 2. The fourth-order valence-electron chi connectivity index (χ4n) is 2.66. The number of amides is 1. The lowest BCUT2D eigenvalue weighted by Gasteiger charge is -2.12. The highest BCUT2D eigenvalue weighted by Gasteiger charge is 2.14. The number of nitrogens with one attached hydrogen (secondary N) is 2. The molecule has 0 radical (unpaired) electrons. The van der Waals surface area contributed by atoms with Gasteiger partial charge < -0.3 is 10.2 Å². The van der Waals surface area contributed by atoms with E-state index in [1.807, 2.05) is 0 Å². The van der Waals surface area contributed by atoms with Crippen molar-refractivity contribution in [3.05, 3.63) is 68.5 Å². The summed E-state index contributed by atoms with van der Waals surface area (Å²) in [5.74, 6) is -2.19. The van der Waals surface area contributed by atoms with Crippen LogP contribution < -0.4 is 16.0 Å². The molecule has 0 saturated heterocycles. The number of anilines is 1. The van der Waals surface area contributed by atoms with Gasteiger partial charge in [-0.1, -0.05) is 35.0 Å². The highest BCUT2D eigenvalue weighted by atomic mass is 35.5. The van der Waals surface area contributed by atoms with Gasteiger partial charge in [0.15, 0.2) is 0 Å². The van der Waals surface area contributed by atoms with Crippen molar-refractivity contribution < 1.29 is 25.0 Å². The van der Waals surface area contributed by atoms with Gasteiger partial charge in [-0.2, -0.15) is 5.10 Å². The molecule has 1 aromatic heterocycles. The van der Waals surface area contributed by atoms with Crippen LogP contribution in [-0.2, 0) is 0 Å². The van der Waals surface area contributed by atoms with Crippen LogP contribution in [0.3, 0.4) is 0 Å². The summed E-state index contributed by atoms with van der Waals surface area (Å²) >= 11 is 13.2. The van der Waals surface area contributed by atoms with Crippen molar-refractivity contribution in [2.45, 2.75) is 6.92 Å². The van der Waals surface area contributed by atoms with Gasteiger partial charge in [-0.05, 0) is 48.2 Å². The summed E-state index contributed by atoms with van der Waals surface area (Å²) in [6.45, 7) is 1.57. The number of hydrazone groups is 1. The fourth-order valence-corrected chi connectivity index (χ4v) is 3.95. The smallest absolute Gasteiger partial charge is 0.337 e. The Morgan fingerprint density at radius 1 is 1.10 bits per heavy atom. The number of carbonyl (C=O) groups excluding carboxylic acids is 1. The quantitative estimate of drug-likeness (QED) is 0.305. The summed E-state index contributed by atoms with van der Waals surface area (Å²) < 4.78 is 0. The zero-order valence-electron chi connectivity index (χ0n) is 15.8. The van der Waals surface area contributed by atoms with Crippen molar-refractivity contribution >= 4 is 57.8 Å². The molecule has 3 aromatic rings. The van der Waals surface area contributed by atoms with Crippen LogP contribution in [0.5, 0.6) is 5.75 Å². The van der Waals surface area contributed by atoms with E-state index in [2.05, 4.69) is 10.5 Å². The van der Waals surface area contributed by atoms with Crippen LogP contribution in [0, 0.1) is 0 Å². The van der Waals surface area contributed by atoms with Gasteiger partial charge in [-0.25, -0.2) is 10.2 Å². The Morgan fingerprint density at radius 3 is 2.48 bits per heavy atom. The maximum atomic E-state index is 12.8. The van der Waals surface area contributed by atoms with Crippen molar-refractivity contribution in [1.82, 2.24) is 5.43 Å². The second-order valence-corrected chi connectivity index (χ2v) is 7.95. The third-order valence-electron chi connectivity index (χ3n) is 4.27. The number of carboxylic acids is 1. The highest BCUT2D eigenvalue weighted by molar-refractivity contribution is 7.14. The molecule has 0 unspecified atom stereocenters. The summed E-state index contributed by atoms with van der Waals surface area (Å²) in [5.41, 5.74) is 4.97. The number of nitrogens with zero attached hydrogens (tertiary/aromatic N) is 1. The van der Waals surface area contributed by atoms with Crippen LogP contribution in [0.25, 0.3) is 10.4 Å². The van der Waals surface area contributed by atoms with Crippen LogP contribution in [0.4, 0.5) is 5.69 Å². The van der Waals surface area contributed by atoms with E-state index in [1.165, 1.54) is 23.5 Å². The standard InChI is InChI=1S/C20H15Cl2N3O5S/c1-9(13-8-31-18(17(13)26)10-3-5-14(21)15(22)6-10)23-24-19(27)11-2-4-12(20(28)29)16(7-11)25-30/h2-8,25-26,30H,1H3,(H,24,27)(H,28,29)/p-1/b23-9+. The van der Waals surface area contributed by atoms with Crippen molar-refractivity contribution in [3.63, 3.8) is 0 Å². The summed E-state index contributed by atoms with van der Waals surface area (Å²) in [5, 5.41) is 37.2. The van der Waals surface area contributed by atoms with Gasteiger partial charge >= 0.3 is 5.97 Å². The lowest BCUT2D eigenvalue weighted by Crippen LogP contribution is -2.20. The molecule has 1 heterocycles. The SMILES string of the molecule is C/C(=N\NC(=O)c1ccc(C(=O)O)c(NO)c1)c1csc(-c2ccc(Cl)c(Cl)c2)c1[O-]. The molecular weight excluding hydrogens is 465 g/mol. The van der Waals surface area contributed by atoms with Crippen LogP contribution in [0.2, 0.25) is 10.0 Å².